The summed E-state index contributed by atoms with van der Waals surface area (Å²) in [7, 11) is 0. The number of hydrogen-bond donors (Lipinski definition) is 2. The Morgan fingerprint density at radius 3 is 2.58 bits per heavy atom. The van der Waals surface area contributed by atoms with Crippen molar-refractivity contribution >= 4 is 16.5 Å². The fourth-order valence-electron chi connectivity index (χ4n) is 1.93. The van der Waals surface area contributed by atoms with E-state index in [1.807, 2.05) is 12.1 Å². The van der Waals surface area contributed by atoms with Crippen LogP contribution in [0.5, 0.6) is 0 Å². The number of aromatic nitrogens is 2. The molecule has 1 aromatic carbocycles. The number of nitrogens with zero attached hydrogens (tertiary/aromatic N) is 2. The number of hydrogen-bond acceptors (Lipinski definition) is 5. The minimum Gasteiger partial charge on any atom is -0.392 e. The quantitative estimate of drug-likeness (QED) is 0.850. The lowest BCUT2D eigenvalue weighted by Gasteiger charge is -2.03. The highest BCUT2D eigenvalue weighted by Gasteiger charge is 2.27. The zero-order valence-electron chi connectivity index (χ0n) is 10.7. The van der Waals surface area contributed by atoms with Gasteiger partial charge in [-0.1, -0.05) is 35.6 Å². The molecule has 1 aliphatic rings. The number of anilines is 1. The lowest BCUT2D eigenvalue weighted by atomic mass is 10.1. The lowest BCUT2D eigenvalue weighted by Crippen LogP contribution is -2.04. The van der Waals surface area contributed by atoms with Gasteiger partial charge in [-0.25, -0.2) is 0 Å². The fraction of sp³-hybridized carbons (Fsp3) is 0.429. The van der Waals surface area contributed by atoms with Crippen LogP contribution in [0.2, 0.25) is 0 Å². The molecule has 0 radical (unpaired) electrons. The molecule has 1 aromatic heterocycles. The molecule has 1 heterocycles. The van der Waals surface area contributed by atoms with Crippen LogP contribution in [0, 0.1) is 0 Å². The van der Waals surface area contributed by atoms with Crippen molar-refractivity contribution in [3.8, 4) is 0 Å². The van der Waals surface area contributed by atoms with E-state index in [1.165, 1.54) is 23.4 Å². The van der Waals surface area contributed by atoms with Crippen molar-refractivity contribution in [2.24, 2.45) is 0 Å². The predicted octanol–water partition coefficient (Wildman–Crippen LogP) is 2.56. The van der Waals surface area contributed by atoms with Gasteiger partial charge < -0.3 is 10.4 Å². The minimum absolute atomic E-state index is 0.104. The average molecular weight is 275 g/mol. The number of nitrogens with one attached hydrogen (secondary N) is 1. The third-order valence-electron chi connectivity index (χ3n) is 3.26. The third kappa shape index (κ3) is 3.30. The Balaban J connectivity index is 1.48. The highest BCUT2D eigenvalue weighted by Crippen LogP contribution is 2.41. The van der Waals surface area contributed by atoms with Crippen molar-refractivity contribution in [3.05, 3.63) is 40.4 Å². The minimum atomic E-state index is 0.104. The molecule has 3 rings (SSSR count). The van der Waals surface area contributed by atoms with Crippen molar-refractivity contribution in [3.63, 3.8) is 0 Å². The lowest BCUT2D eigenvalue weighted by molar-refractivity contribution is 0.282. The van der Waals surface area contributed by atoms with Gasteiger partial charge in [-0.2, -0.15) is 0 Å². The van der Waals surface area contributed by atoms with Gasteiger partial charge >= 0.3 is 0 Å². The van der Waals surface area contributed by atoms with Gasteiger partial charge in [-0.3, -0.25) is 0 Å². The standard InChI is InChI=1S/C14H17N3OS/c18-9-11-3-1-10(2-4-11)7-8-15-14-17-16-13(19-14)12-5-6-12/h1-4,12,18H,5-9H2,(H,15,17). The molecule has 1 aliphatic carbocycles. The summed E-state index contributed by atoms with van der Waals surface area (Å²) >= 11 is 1.68. The average Bonchev–Trinajstić information content (AvgIpc) is 3.20. The van der Waals surface area contributed by atoms with Crippen molar-refractivity contribution in [1.82, 2.24) is 10.2 Å². The summed E-state index contributed by atoms with van der Waals surface area (Å²) in [5.74, 6) is 0.680. The molecule has 19 heavy (non-hydrogen) atoms. The van der Waals surface area contributed by atoms with Gasteiger partial charge in [-0.05, 0) is 30.4 Å². The maximum Gasteiger partial charge on any atom is 0.205 e. The largest absolute Gasteiger partial charge is 0.392 e. The highest BCUT2D eigenvalue weighted by molar-refractivity contribution is 7.15. The first-order valence-electron chi connectivity index (χ1n) is 6.61. The Labute approximate surface area is 116 Å². The maximum atomic E-state index is 8.98. The number of aliphatic hydroxyl groups is 1. The van der Waals surface area contributed by atoms with Crippen LogP contribution in [0.1, 0.15) is 34.9 Å². The van der Waals surface area contributed by atoms with Gasteiger partial charge in [0.1, 0.15) is 5.01 Å². The van der Waals surface area contributed by atoms with E-state index < -0.39 is 0 Å². The second-order valence-electron chi connectivity index (χ2n) is 4.87. The summed E-state index contributed by atoms with van der Waals surface area (Å²) in [6.45, 7) is 0.963. The topological polar surface area (TPSA) is 58.0 Å². The molecule has 0 spiro atoms. The number of benzene rings is 1. The maximum absolute atomic E-state index is 8.98. The van der Waals surface area contributed by atoms with Crippen LogP contribution >= 0.6 is 11.3 Å². The monoisotopic (exact) mass is 275 g/mol. The Morgan fingerprint density at radius 2 is 1.89 bits per heavy atom. The molecule has 0 unspecified atom stereocenters. The molecule has 0 bridgehead atoms. The highest BCUT2D eigenvalue weighted by atomic mass is 32.1. The smallest absolute Gasteiger partial charge is 0.205 e. The van der Waals surface area contributed by atoms with E-state index in [0.29, 0.717) is 5.92 Å². The molecule has 100 valence electrons. The van der Waals surface area contributed by atoms with E-state index in [-0.39, 0.29) is 6.61 Å². The summed E-state index contributed by atoms with van der Waals surface area (Å²) in [6, 6.07) is 8.04. The molecule has 4 nitrogen and oxygen atoms in total. The zero-order valence-corrected chi connectivity index (χ0v) is 11.5. The Kier molecular flexibility index (Phi) is 3.75. The van der Waals surface area contributed by atoms with Crippen LogP contribution in [-0.4, -0.2) is 21.8 Å². The predicted molar refractivity (Wildman–Crippen MR) is 76.4 cm³/mol. The molecule has 0 aliphatic heterocycles. The summed E-state index contributed by atoms with van der Waals surface area (Å²) in [5, 5.41) is 22.8. The van der Waals surface area contributed by atoms with E-state index in [2.05, 4.69) is 27.6 Å². The van der Waals surface area contributed by atoms with Crippen molar-refractivity contribution < 1.29 is 5.11 Å². The molecule has 1 fully saturated rings. The molecular formula is C14H17N3OS. The van der Waals surface area contributed by atoms with E-state index in [1.54, 1.807) is 11.3 Å². The van der Waals surface area contributed by atoms with Crippen molar-refractivity contribution in [2.45, 2.75) is 31.8 Å². The van der Waals surface area contributed by atoms with Gasteiger partial charge in [-0.15, -0.1) is 10.2 Å². The van der Waals surface area contributed by atoms with E-state index in [9.17, 15) is 0 Å². The third-order valence-corrected chi connectivity index (χ3v) is 4.31. The molecule has 1 saturated carbocycles. The van der Waals surface area contributed by atoms with Gasteiger partial charge in [0.25, 0.3) is 0 Å². The van der Waals surface area contributed by atoms with Crippen LogP contribution in [0.15, 0.2) is 24.3 Å². The number of rotatable bonds is 6. The van der Waals surface area contributed by atoms with E-state index in [4.69, 9.17) is 5.11 Å². The summed E-state index contributed by atoms with van der Waals surface area (Å²) in [4.78, 5) is 0. The van der Waals surface area contributed by atoms with Crippen molar-refractivity contribution in [1.29, 1.82) is 0 Å². The second kappa shape index (κ2) is 5.67. The normalized spacial score (nSPS) is 14.6. The van der Waals surface area contributed by atoms with E-state index in [0.717, 1.165) is 23.7 Å². The SMILES string of the molecule is OCc1ccc(CCNc2nnc(C3CC3)s2)cc1. The van der Waals surface area contributed by atoms with Gasteiger partial charge in [0, 0.05) is 12.5 Å². The second-order valence-corrected chi connectivity index (χ2v) is 5.88. The summed E-state index contributed by atoms with van der Waals surface area (Å²) in [6.07, 6.45) is 3.49. The van der Waals surface area contributed by atoms with Crippen LogP contribution in [0.25, 0.3) is 0 Å². The van der Waals surface area contributed by atoms with Crippen LogP contribution < -0.4 is 5.32 Å². The molecule has 2 N–H and O–H groups in total. The van der Waals surface area contributed by atoms with Crippen LogP contribution in [0.4, 0.5) is 5.13 Å². The van der Waals surface area contributed by atoms with Gasteiger partial charge in [0.15, 0.2) is 0 Å². The molecular weight excluding hydrogens is 258 g/mol. The summed E-state index contributed by atoms with van der Waals surface area (Å²) in [5.41, 5.74) is 2.21. The number of aliphatic hydroxyl groups excluding tert-OH is 1. The van der Waals surface area contributed by atoms with Crippen LogP contribution in [-0.2, 0) is 13.0 Å². The molecule has 0 amide bonds. The first-order chi connectivity index (χ1) is 9.35. The fourth-order valence-corrected chi connectivity index (χ4v) is 2.86. The van der Waals surface area contributed by atoms with E-state index >= 15 is 0 Å². The van der Waals surface area contributed by atoms with Crippen LogP contribution in [0.3, 0.4) is 0 Å². The Morgan fingerprint density at radius 1 is 1.16 bits per heavy atom. The first kappa shape index (κ1) is 12.6. The Bertz CT molecular complexity index is 534. The molecule has 5 heteroatoms. The van der Waals surface area contributed by atoms with Gasteiger partial charge in [0.2, 0.25) is 5.13 Å². The Hall–Kier alpha value is -1.46. The molecule has 0 saturated heterocycles. The van der Waals surface area contributed by atoms with Gasteiger partial charge in [0.05, 0.1) is 6.61 Å². The zero-order chi connectivity index (χ0) is 13.1. The molecule has 0 atom stereocenters. The molecule has 2 aromatic rings. The summed E-state index contributed by atoms with van der Waals surface area (Å²) < 4.78 is 0. The first-order valence-corrected chi connectivity index (χ1v) is 7.43. The van der Waals surface area contributed by atoms with Crippen molar-refractivity contribution in [2.75, 3.05) is 11.9 Å².